The van der Waals surface area contributed by atoms with Crippen LogP contribution in [-0.4, -0.2) is 35.6 Å². The summed E-state index contributed by atoms with van der Waals surface area (Å²) in [6, 6.07) is 0. The fourth-order valence-electron chi connectivity index (χ4n) is 2.13. The van der Waals surface area contributed by atoms with E-state index >= 15 is 0 Å². The van der Waals surface area contributed by atoms with Gasteiger partial charge in [0, 0.05) is 18.3 Å². The molecule has 0 spiro atoms. The van der Waals surface area contributed by atoms with Crippen LogP contribution in [0, 0.1) is 5.41 Å². The summed E-state index contributed by atoms with van der Waals surface area (Å²) in [6.45, 7) is 10.7. The molecular weight excluding hydrogens is 236 g/mol. The number of allylic oxidation sites excluding steroid dienone is 1. The van der Waals surface area contributed by atoms with Gasteiger partial charge in [-0.1, -0.05) is 27.4 Å². The Bertz CT molecular complexity index is 277. The van der Waals surface area contributed by atoms with Crippen molar-refractivity contribution in [1.82, 2.24) is 4.90 Å². The van der Waals surface area contributed by atoms with E-state index in [1.807, 2.05) is 32.7 Å². The molecule has 0 aromatic rings. The Morgan fingerprint density at radius 3 is 2.11 bits per heavy atom. The predicted molar refractivity (Wildman–Crippen MR) is 71.7 cm³/mol. The van der Waals surface area contributed by atoms with E-state index in [1.165, 1.54) is 6.92 Å². The molecule has 0 bridgehead atoms. The van der Waals surface area contributed by atoms with Crippen molar-refractivity contribution in [3.63, 3.8) is 0 Å². The van der Waals surface area contributed by atoms with Crippen LogP contribution in [-0.2, 0) is 0 Å². The monoisotopic (exact) mass is 263 g/mol. The van der Waals surface area contributed by atoms with Gasteiger partial charge >= 0.3 is 0 Å². The molecule has 1 atom stereocenters. The molecule has 108 valence electrons. The highest BCUT2D eigenvalue weighted by atomic mass is 19.3. The zero-order chi connectivity index (χ0) is 14.6. The van der Waals surface area contributed by atoms with E-state index in [4.69, 9.17) is 5.11 Å². The molecule has 1 N–H and O–H groups in total. The van der Waals surface area contributed by atoms with Gasteiger partial charge < -0.3 is 10.0 Å². The first-order chi connectivity index (χ1) is 8.27. The molecule has 18 heavy (non-hydrogen) atoms. The van der Waals surface area contributed by atoms with Gasteiger partial charge in [0.25, 0.3) is 0 Å². The summed E-state index contributed by atoms with van der Waals surface area (Å²) in [7, 11) is 1.89. The third kappa shape index (κ3) is 3.67. The molecule has 1 saturated carbocycles. The minimum atomic E-state index is -2.49. The zero-order valence-corrected chi connectivity index (χ0v) is 12.3. The third-order valence-corrected chi connectivity index (χ3v) is 3.73. The van der Waals surface area contributed by atoms with Crippen LogP contribution in [0.25, 0.3) is 0 Å². The van der Waals surface area contributed by atoms with Gasteiger partial charge in [0.2, 0.25) is 6.43 Å². The van der Waals surface area contributed by atoms with E-state index in [1.54, 1.807) is 0 Å². The maximum atomic E-state index is 12.9. The van der Waals surface area contributed by atoms with Gasteiger partial charge in [-0.2, -0.15) is 0 Å². The second-order valence-electron chi connectivity index (χ2n) is 5.31. The highest BCUT2D eigenvalue weighted by Gasteiger charge is 2.52. The summed E-state index contributed by atoms with van der Waals surface area (Å²) in [5.74, 6) is 0. The van der Waals surface area contributed by atoms with Crippen molar-refractivity contribution in [3.8, 4) is 0 Å². The molecule has 0 aromatic heterocycles. The van der Waals surface area contributed by atoms with Crippen LogP contribution in [0.2, 0.25) is 0 Å². The van der Waals surface area contributed by atoms with Crippen LogP contribution in [0.5, 0.6) is 0 Å². The number of nitrogens with zero attached hydrogens (tertiary/aromatic N) is 1. The summed E-state index contributed by atoms with van der Waals surface area (Å²) < 4.78 is 25.8. The Labute approximate surface area is 110 Å². The highest BCUT2D eigenvalue weighted by Crippen LogP contribution is 2.51. The van der Waals surface area contributed by atoms with Gasteiger partial charge in [-0.05, 0) is 26.2 Å². The summed E-state index contributed by atoms with van der Waals surface area (Å²) in [5.41, 5.74) is -0.632. The van der Waals surface area contributed by atoms with E-state index in [-0.39, 0.29) is 5.54 Å². The molecule has 4 heteroatoms. The summed E-state index contributed by atoms with van der Waals surface area (Å²) in [5, 5.41) is 9.15. The van der Waals surface area contributed by atoms with Gasteiger partial charge in [0.15, 0.2) is 0 Å². The molecule has 0 radical (unpaired) electrons. The fourth-order valence-corrected chi connectivity index (χ4v) is 2.13. The predicted octanol–water partition coefficient (Wildman–Crippen LogP) is 3.66. The average molecular weight is 263 g/mol. The molecule has 0 aromatic carbocycles. The van der Waals surface area contributed by atoms with Gasteiger partial charge in [0.1, 0.15) is 0 Å². The van der Waals surface area contributed by atoms with Crippen LogP contribution in [0.3, 0.4) is 0 Å². The van der Waals surface area contributed by atoms with E-state index in [0.717, 1.165) is 18.5 Å². The van der Waals surface area contributed by atoms with E-state index in [2.05, 4.69) is 6.58 Å². The maximum absolute atomic E-state index is 12.9. The first-order valence-corrected chi connectivity index (χ1v) is 6.56. The quantitative estimate of drug-likeness (QED) is 0.790. The van der Waals surface area contributed by atoms with Crippen molar-refractivity contribution < 1.29 is 13.9 Å². The number of halogens is 2. The molecule has 0 heterocycles. The smallest absolute Gasteiger partial charge is 0.246 e. The van der Waals surface area contributed by atoms with Crippen molar-refractivity contribution in [3.05, 3.63) is 12.3 Å². The van der Waals surface area contributed by atoms with Gasteiger partial charge in [-0.3, -0.25) is 0 Å². The maximum Gasteiger partial charge on any atom is 0.246 e. The summed E-state index contributed by atoms with van der Waals surface area (Å²) >= 11 is 0. The van der Waals surface area contributed by atoms with Gasteiger partial charge in [-0.15, -0.1) is 0 Å². The molecule has 1 aliphatic carbocycles. The number of rotatable bonds is 6. The number of aliphatic hydroxyl groups is 1. The van der Waals surface area contributed by atoms with E-state index in [0.29, 0.717) is 6.42 Å². The molecule has 1 fully saturated rings. The fraction of sp³-hybridized carbons (Fsp3) is 0.857. The van der Waals surface area contributed by atoms with Crippen LogP contribution < -0.4 is 0 Å². The largest absolute Gasteiger partial charge is 0.396 e. The first-order valence-electron chi connectivity index (χ1n) is 6.56. The van der Waals surface area contributed by atoms with Gasteiger partial charge in [0.05, 0.1) is 12.0 Å². The van der Waals surface area contributed by atoms with Crippen LogP contribution in [0.4, 0.5) is 8.78 Å². The SMILES string of the molecule is C=C(C)N(C)C1(CC(C)(CO)C(F)F)CC1.CC. The topological polar surface area (TPSA) is 23.5 Å². The Hall–Kier alpha value is -0.640. The van der Waals surface area contributed by atoms with E-state index in [9.17, 15) is 8.78 Å². The molecule has 1 aliphatic rings. The molecule has 1 unspecified atom stereocenters. The third-order valence-electron chi connectivity index (χ3n) is 3.73. The van der Waals surface area contributed by atoms with Crippen molar-refractivity contribution >= 4 is 0 Å². The Balaban J connectivity index is 0.00000137. The Kier molecular flexibility index (Phi) is 6.27. The van der Waals surface area contributed by atoms with Crippen LogP contribution >= 0.6 is 0 Å². The number of aliphatic hydroxyl groups excluding tert-OH is 1. The van der Waals surface area contributed by atoms with Crippen LogP contribution in [0.15, 0.2) is 12.3 Å². The lowest BCUT2D eigenvalue weighted by Crippen LogP contribution is -2.41. The van der Waals surface area contributed by atoms with Crippen molar-refractivity contribution in [1.29, 1.82) is 0 Å². The van der Waals surface area contributed by atoms with Crippen molar-refractivity contribution in [2.24, 2.45) is 5.41 Å². The highest BCUT2D eigenvalue weighted by molar-refractivity contribution is 5.11. The molecule has 1 rings (SSSR count). The lowest BCUT2D eigenvalue weighted by atomic mass is 9.83. The molecular formula is C14H27F2NO. The number of hydrogen-bond acceptors (Lipinski definition) is 2. The molecule has 0 amide bonds. The average Bonchev–Trinajstić information content (AvgIpc) is 3.11. The minimum Gasteiger partial charge on any atom is -0.396 e. The van der Waals surface area contributed by atoms with Crippen molar-refractivity contribution in [2.45, 2.75) is 58.9 Å². The van der Waals surface area contributed by atoms with Gasteiger partial charge in [-0.25, -0.2) is 8.78 Å². The summed E-state index contributed by atoms with van der Waals surface area (Å²) in [4.78, 5) is 1.98. The normalized spacial score (nSPS) is 19.6. The second-order valence-corrected chi connectivity index (χ2v) is 5.31. The number of hydrogen-bond donors (Lipinski definition) is 1. The lowest BCUT2D eigenvalue weighted by Gasteiger charge is -2.37. The standard InChI is InChI=1S/C12H21F2NO.C2H6/c1-9(2)15(4)12(5-6-12)7-11(3,8-16)10(13)14;1-2/h10,16H,1,5-8H2,2-4H3;1-2H3. The Morgan fingerprint density at radius 2 is 1.89 bits per heavy atom. The molecule has 0 saturated heterocycles. The lowest BCUT2D eigenvalue weighted by molar-refractivity contribution is -0.0501. The van der Waals surface area contributed by atoms with Crippen LogP contribution in [0.1, 0.15) is 47.0 Å². The Morgan fingerprint density at radius 1 is 1.44 bits per heavy atom. The molecule has 2 nitrogen and oxygen atoms in total. The zero-order valence-electron chi connectivity index (χ0n) is 12.3. The van der Waals surface area contributed by atoms with Crippen molar-refractivity contribution in [2.75, 3.05) is 13.7 Å². The molecule has 0 aliphatic heterocycles. The summed E-state index contributed by atoms with van der Waals surface area (Å²) in [6.07, 6.45) is -0.372. The number of alkyl halides is 2. The minimum absolute atomic E-state index is 0.209. The van der Waals surface area contributed by atoms with E-state index < -0.39 is 18.4 Å². The first kappa shape index (κ1) is 17.4. The second kappa shape index (κ2) is 6.50.